The average molecular weight is 486 g/mol. The number of hydrogen-bond donors (Lipinski definition) is 1. The highest BCUT2D eigenvalue weighted by Gasteiger charge is 2.23. The van der Waals surface area contributed by atoms with Gasteiger partial charge in [0.2, 0.25) is 0 Å². The van der Waals surface area contributed by atoms with E-state index in [0.717, 1.165) is 16.1 Å². The molecule has 1 N–H and O–H groups in total. The second-order valence-electron chi connectivity index (χ2n) is 8.50. The number of nitrogens with one attached hydrogen (secondary N) is 1. The first-order valence-corrected chi connectivity index (χ1v) is 11.7. The molecule has 2 aromatic heterocycles. The van der Waals surface area contributed by atoms with E-state index in [1.165, 1.54) is 30.6 Å². The lowest BCUT2D eigenvalue weighted by Gasteiger charge is -2.19. The van der Waals surface area contributed by atoms with Crippen molar-refractivity contribution in [1.29, 1.82) is 0 Å². The summed E-state index contributed by atoms with van der Waals surface area (Å²) in [6, 6.07) is 12.5. The molecule has 0 radical (unpaired) electrons. The number of carbonyl (C=O) groups excluding carboxylic acids is 1. The maximum absolute atomic E-state index is 14.1. The zero-order valence-electron chi connectivity index (χ0n) is 18.5. The normalized spacial score (nSPS) is 12.0. The van der Waals surface area contributed by atoms with Gasteiger partial charge in [0, 0.05) is 35.0 Å². The van der Waals surface area contributed by atoms with Crippen LogP contribution in [0.3, 0.4) is 0 Å². The summed E-state index contributed by atoms with van der Waals surface area (Å²) in [7, 11) is -4.09. The van der Waals surface area contributed by atoms with Crippen molar-refractivity contribution in [2.45, 2.75) is 31.3 Å². The van der Waals surface area contributed by atoms with E-state index >= 15 is 0 Å². The number of amides is 1. The molecule has 0 aliphatic carbocycles. The summed E-state index contributed by atoms with van der Waals surface area (Å²) < 4.78 is 60.8. The Morgan fingerprint density at radius 2 is 1.71 bits per heavy atom. The van der Waals surface area contributed by atoms with E-state index in [2.05, 4.69) is 10.3 Å². The van der Waals surface area contributed by atoms with Gasteiger partial charge in [-0.3, -0.25) is 5.32 Å². The highest BCUT2D eigenvalue weighted by Crippen LogP contribution is 2.34. The zero-order chi connectivity index (χ0) is 24.7. The van der Waals surface area contributed by atoms with E-state index in [4.69, 9.17) is 4.74 Å². The van der Waals surface area contributed by atoms with Crippen LogP contribution in [0.2, 0.25) is 0 Å². The third-order valence-electron chi connectivity index (χ3n) is 4.82. The predicted molar refractivity (Wildman–Crippen MR) is 124 cm³/mol. The van der Waals surface area contributed by atoms with Crippen LogP contribution in [0.25, 0.3) is 22.0 Å². The van der Waals surface area contributed by atoms with Gasteiger partial charge in [-0.05, 0) is 51.1 Å². The molecule has 7 nitrogen and oxygen atoms in total. The molecule has 0 atom stereocenters. The van der Waals surface area contributed by atoms with E-state index < -0.39 is 33.4 Å². The lowest BCUT2D eigenvalue weighted by Crippen LogP contribution is -2.27. The second-order valence-corrected chi connectivity index (χ2v) is 10.3. The third-order valence-corrected chi connectivity index (χ3v) is 6.50. The van der Waals surface area contributed by atoms with E-state index in [0.29, 0.717) is 11.1 Å². The maximum Gasteiger partial charge on any atom is 0.413 e. The molecule has 2 heterocycles. The summed E-state index contributed by atoms with van der Waals surface area (Å²) in [4.78, 5) is 16.1. The Hall–Kier alpha value is -3.79. The number of rotatable bonds is 4. The molecular formula is C24H21F2N3O4S. The molecule has 2 aromatic carbocycles. The van der Waals surface area contributed by atoms with Gasteiger partial charge in [-0.1, -0.05) is 18.2 Å². The molecule has 0 aliphatic heterocycles. The molecule has 0 bridgehead atoms. The smallest absolute Gasteiger partial charge is 0.413 e. The standard InChI is InChI=1S/C24H21F2N3O4S/c1-24(2,3)33-23(30)28-22-10-9-15(13-27-22)18-14-29(21-12-20(26)19(25)11-17(18)21)34(31,32)16-7-5-4-6-8-16/h4-14H,1-3H3,(H,27,28,30). The Balaban J connectivity index is 1.78. The molecule has 0 saturated carbocycles. The van der Waals surface area contributed by atoms with E-state index in [1.807, 2.05) is 0 Å². The summed E-state index contributed by atoms with van der Waals surface area (Å²) in [5.41, 5.74) is 0.0568. The Bertz CT molecular complexity index is 1480. The van der Waals surface area contributed by atoms with Gasteiger partial charge in [0.15, 0.2) is 11.6 Å². The monoisotopic (exact) mass is 485 g/mol. The number of pyridine rings is 1. The fourth-order valence-corrected chi connectivity index (χ4v) is 4.74. The topological polar surface area (TPSA) is 90.3 Å². The first-order chi connectivity index (χ1) is 16.0. The molecule has 10 heteroatoms. The number of hydrogen-bond acceptors (Lipinski definition) is 5. The van der Waals surface area contributed by atoms with Gasteiger partial charge in [0.25, 0.3) is 10.0 Å². The maximum atomic E-state index is 14.1. The van der Waals surface area contributed by atoms with Gasteiger partial charge in [0.1, 0.15) is 11.4 Å². The highest BCUT2D eigenvalue weighted by atomic mass is 32.2. The molecule has 0 saturated heterocycles. The molecule has 176 valence electrons. The number of carbonyl (C=O) groups is 1. The SMILES string of the molecule is CC(C)(C)OC(=O)Nc1ccc(-c2cn(S(=O)(=O)c3ccccc3)c3cc(F)c(F)cc23)cn1. The molecule has 1 amide bonds. The largest absolute Gasteiger partial charge is 0.444 e. The molecule has 34 heavy (non-hydrogen) atoms. The number of ether oxygens (including phenoxy) is 1. The van der Waals surface area contributed by atoms with Gasteiger partial charge in [-0.25, -0.2) is 30.9 Å². The van der Waals surface area contributed by atoms with Gasteiger partial charge in [0.05, 0.1) is 10.4 Å². The van der Waals surface area contributed by atoms with E-state index in [9.17, 15) is 22.0 Å². The minimum Gasteiger partial charge on any atom is -0.444 e. The fourth-order valence-electron chi connectivity index (χ4n) is 3.36. The van der Waals surface area contributed by atoms with Gasteiger partial charge in [-0.15, -0.1) is 0 Å². The summed E-state index contributed by atoms with van der Waals surface area (Å²) in [5.74, 6) is -2.08. The molecule has 0 fully saturated rings. The van der Waals surface area contributed by atoms with Crippen molar-refractivity contribution in [3.63, 3.8) is 0 Å². The van der Waals surface area contributed by atoms with Gasteiger partial charge >= 0.3 is 6.09 Å². The molecule has 0 spiro atoms. The summed E-state index contributed by atoms with van der Waals surface area (Å²) in [6.45, 7) is 5.18. The van der Waals surface area contributed by atoms with Crippen LogP contribution in [0, 0.1) is 11.6 Å². The first-order valence-electron chi connectivity index (χ1n) is 10.2. The van der Waals surface area contributed by atoms with Gasteiger partial charge in [-0.2, -0.15) is 0 Å². The third kappa shape index (κ3) is 4.62. The van der Waals surface area contributed by atoms with Crippen molar-refractivity contribution in [2.75, 3.05) is 5.32 Å². The van der Waals surface area contributed by atoms with E-state index in [1.54, 1.807) is 45.0 Å². The average Bonchev–Trinajstić information content (AvgIpc) is 3.13. The van der Waals surface area contributed by atoms with Crippen LogP contribution >= 0.6 is 0 Å². The van der Waals surface area contributed by atoms with Crippen molar-refractivity contribution >= 4 is 32.8 Å². The number of fused-ring (bicyclic) bond motifs is 1. The predicted octanol–water partition coefficient (Wildman–Crippen LogP) is 5.57. The summed E-state index contributed by atoms with van der Waals surface area (Å²) in [5, 5.41) is 2.69. The fraction of sp³-hybridized carbons (Fsp3) is 0.167. The Morgan fingerprint density at radius 3 is 2.32 bits per heavy atom. The first kappa shape index (κ1) is 23.4. The number of aromatic nitrogens is 2. The summed E-state index contributed by atoms with van der Waals surface area (Å²) in [6.07, 6.45) is 2.00. The second kappa shape index (κ2) is 8.53. The minimum atomic E-state index is -4.09. The number of anilines is 1. The van der Waals surface area contributed by atoms with Crippen molar-refractivity contribution in [2.24, 2.45) is 0 Å². The van der Waals surface area contributed by atoms with Crippen molar-refractivity contribution in [1.82, 2.24) is 8.96 Å². The van der Waals surface area contributed by atoms with Crippen molar-refractivity contribution in [3.8, 4) is 11.1 Å². The lowest BCUT2D eigenvalue weighted by molar-refractivity contribution is 0.0635. The van der Waals surface area contributed by atoms with Crippen LogP contribution in [0.1, 0.15) is 20.8 Å². The summed E-state index contributed by atoms with van der Waals surface area (Å²) >= 11 is 0. The molecule has 0 aliphatic rings. The highest BCUT2D eigenvalue weighted by molar-refractivity contribution is 7.90. The van der Waals surface area contributed by atoms with Crippen LogP contribution in [0.4, 0.5) is 19.4 Å². The van der Waals surface area contributed by atoms with Crippen molar-refractivity contribution in [3.05, 3.63) is 78.6 Å². The Kier molecular flexibility index (Phi) is 5.86. The van der Waals surface area contributed by atoms with E-state index in [-0.39, 0.29) is 21.6 Å². The minimum absolute atomic E-state index is 0.00165. The Morgan fingerprint density at radius 1 is 1.03 bits per heavy atom. The molecule has 0 unspecified atom stereocenters. The number of halogens is 2. The van der Waals surface area contributed by atoms with Crippen LogP contribution < -0.4 is 5.32 Å². The molecule has 4 aromatic rings. The molecule has 4 rings (SSSR count). The van der Waals surface area contributed by atoms with Crippen LogP contribution in [0.15, 0.2) is 71.9 Å². The van der Waals surface area contributed by atoms with Crippen molar-refractivity contribution < 1.29 is 26.7 Å². The van der Waals surface area contributed by atoms with Crippen LogP contribution in [0.5, 0.6) is 0 Å². The van der Waals surface area contributed by atoms with Crippen LogP contribution in [-0.4, -0.2) is 29.1 Å². The Labute approximate surface area is 195 Å². The number of nitrogens with zero attached hydrogens (tertiary/aromatic N) is 2. The zero-order valence-corrected chi connectivity index (χ0v) is 19.4. The lowest BCUT2D eigenvalue weighted by atomic mass is 10.1. The number of benzene rings is 2. The molecular weight excluding hydrogens is 464 g/mol. The van der Waals surface area contributed by atoms with Crippen LogP contribution in [-0.2, 0) is 14.8 Å². The van der Waals surface area contributed by atoms with Gasteiger partial charge < -0.3 is 4.74 Å². The quantitative estimate of drug-likeness (QED) is 0.408.